The number of fused-ring (bicyclic) bond motifs is 5. The van der Waals surface area contributed by atoms with Crippen molar-refractivity contribution in [3.8, 4) is 11.5 Å². The molecule has 8 rings (SSSR count). The third-order valence-electron chi connectivity index (χ3n) is 9.23. The highest BCUT2D eigenvalue weighted by Crippen LogP contribution is 2.93. The third-order valence-corrected chi connectivity index (χ3v) is 9.23. The first kappa shape index (κ1) is 24.0. The Hall–Kier alpha value is -4.89. The van der Waals surface area contributed by atoms with Crippen LogP contribution < -0.4 is 20.8 Å². The maximum atomic E-state index is 13.7. The highest BCUT2D eigenvalue weighted by atomic mass is 16.6. The van der Waals surface area contributed by atoms with Gasteiger partial charge in [-0.25, -0.2) is 4.79 Å². The average Bonchev–Trinajstić information content (AvgIpc) is 3.83. The maximum absolute atomic E-state index is 13.7. The van der Waals surface area contributed by atoms with Gasteiger partial charge >= 0.3 is 5.63 Å². The van der Waals surface area contributed by atoms with Crippen LogP contribution in [-0.2, 0) is 5.41 Å². The molecule has 2 unspecified atom stereocenters. The number of nitrogens with two attached hydrogens (primary N) is 1. The first-order valence-electron chi connectivity index (χ1n) is 13.4. The second kappa shape index (κ2) is 8.08. The zero-order valence-corrected chi connectivity index (χ0v) is 21.7. The fourth-order valence-electron chi connectivity index (χ4n) is 7.40. The van der Waals surface area contributed by atoms with Crippen molar-refractivity contribution in [2.24, 2.45) is 5.41 Å². The maximum Gasteiger partial charge on any atom is 0.343 e. The summed E-state index contributed by atoms with van der Waals surface area (Å²) in [5, 5.41) is 23.4. The van der Waals surface area contributed by atoms with Gasteiger partial charge < -0.3 is 24.7 Å². The lowest BCUT2D eigenvalue weighted by molar-refractivity contribution is -0.384. The first-order chi connectivity index (χ1) is 19.9. The minimum Gasteiger partial charge on any atom is -0.491 e. The number of nitrogen functional groups attached to an aromatic ring is 1. The van der Waals surface area contributed by atoms with Crippen molar-refractivity contribution in [2.75, 3.05) is 18.9 Å². The van der Waals surface area contributed by atoms with Crippen molar-refractivity contribution in [3.05, 3.63) is 116 Å². The third kappa shape index (κ3) is 3.01. The summed E-state index contributed by atoms with van der Waals surface area (Å²) in [5.74, 6) is 0.544. The van der Waals surface area contributed by atoms with Gasteiger partial charge in [-0.1, -0.05) is 30.3 Å². The van der Waals surface area contributed by atoms with E-state index in [1.165, 1.54) is 6.07 Å². The molecule has 41 heavy (non-hydrogen) atoms. The number of nitro benzene ring substituents is 1. The van der Waals surface area contributed by atoms with E-state index in [1.807, 2.05) is 36.4 Å². The minimum absolute atomic E-state index is 0.0186. The molecular weight excluding hydrogens is 524 g/mol. The van der Waals surface area contributed by atoms with Gasteiger partial charge in [0, 0.05) is 34.6 Å². The van der Waals surface area contributed by atoms with Crippen molar-refractivity contribution < 1.29 is 23.9 Å². The van der Waals surface area contributed by atoms with Crippen LogP contribution in [0.25, 0.3) is 21.7 Å². The summed E-state index contributed by atoms with van der Waals surface area (Å²) < 4.78 is 18.3. The Bertz CT molecular complexity index is 2000. The fourth-order valence-corrected chi connectivity index (χ4v) is 7.40. The Balaban J connectivity index is 1.38. The summed E-state index contributed by atoms with van der Waals surface area (Å²) in [6, 6.07) is 23.4. The fraction of sp³-hybridized carbons (Fsp3) is 0.219. The number of benzene rings is 4. The molecule has 3 aliphatic rings. The van der Waals surface area contributed by atoms with E-state index >= 15 is 0 Å². The van der Waals surface area contributed by atoms with Crippen LogP contribution in [0, 0.1) is 15.5 Å². The number of nitro groups is 1. The van der Waals surface area contributed by atoms with E-state index in [9.17, 15) is 20.0 Å². The van der Waals surface area contributed by atoms with E-state index < -0.39 is 22.4 Å². The molecule has 4 atom stereocenters. The standard InChI is InChI=1S/C32H24N2O7/c33-24-11-10-19(39-13-12-35)15-22(24)27-26-28(20-5-1-2-7-25(20)40-29(26)36)41-30-31(16-32(27,30)31)23-6-3-4-17-8-9-18(34(37)38)14-21(17)23/h1-11,14-15,27,30,35H,12-13,16,33H2/t27-,30?,31?,32-/m1/s1. The molecule has 1 aliphatic heterocycles. The predicted molar refractivity (Wildman–Crippen MR) is 152 cm³/mol. The Morgan fingerprint density at radius 3 is 2.73 bits per heavy atom. The van der Waals surface area contributed by atoms with Crippen molar-refractivity contribution in [1.29, 1.82) is 0 Å². The van der Waals surface area contributed by atoms with Crippen molar-refractivity contribution in [1.82, 2.24) is 0 Å². The molecule has 2 saturated carbocycles. The summed E-state index contributed by atoms with van der Waals surface area (Å²) >= 11 is 0. The zero-order valence-electron chi connectivity index (χ0n) is 21.7. The van der Waals surface area contributed by atoms with Crippen molar-refractivity contribution in [3.63, 3.8) is 0 Å². The van der Waals surface area contributed by atoms with Crippen LogP contribution in [0.1, 0.15) is 29.0 Å². The van der Waals surface area contributed by atoms with Crippen LogP contribution in [0.2, 0.25) is 0 Å². The van der Waals surface area contributed by atoms with Crippen LogP contribution in [0.15, 0.2) is 88.1 Å². The Morgan fingerprint density at radius 1 is 1.05 bits per heavy atom. The minimum atomic E-state index is -0.500. The van der Waals surface area contributed by atoms with Gasteiger partial charge in [-0.15, -0.1) is 0 Å². The summed E-state index contributed by atoms with van der Waals surface area (Å²) in [7, 11) is 0. The lowest BCUT2D eigenvalue weighted by atomic mass is 9.79. The second-order valence-corrected chi connectivity index (χ2v) is 11.1. The molecule has 9 nitrogen and oxygen atoms in total. The van der Waals surface area contributed by atoms with Crippen LogP contribution in [0.3, 0.4) is 0 Å². The molecule has 2 heterocycles. The number of para-hydroxylation sites is 1. The molecule has 0 amide bonds. The molecule has 0 radical (unpaired) electrons. The number of non-ortho nitro benzene ring substituents is 1. The summed E-state index contributed by atoms with van der Waals surface area (Å²) in [5.41, 5.74) is 8.18. The average molecular weight is 549 g/mol. The molecule has 2 aliphatic carbocycles. The van der Waals surface area contributed by atoms with Gasteiger partial charge in [-0.2, -0.15) is 0 Å². The topological polar surface area (TPSA) is 138 Å². The first-order valence-corrected chi connectivity index (χ1v) is 13.4. The van der Waals surface area contributed by atoms with Crippen LogP contribution in [0.4, 0.5) is 11.4 Å². The van der Waals surface area contributed by atoms with Gasteiger partial charge in [0.25, 0.3) is 5.69 Å². The van der Waals surface area contributed by atoms with E-state index in [1.54, 1.807) is 36.4 Å². The molecule has 1 spiro atoms. The highest BCUT2D eigenvalue weighted by Gasteiger charge is 2.97. The highest BCUT2D eigenvalue weighted by molar-refractivity contribution is 5.92. The number of aliphatic hydroxyl groups excluding tert-OH is 1. The molecular formula is C32H24N2O7. The van der Waals surface area contributed by atoms with E-state index in [4.69, 9.17) is 19.6 Å². The normalized spacial score (nSPS) is 25.1. The van der Waals surface area contributed by atoms with E-state index in [-0.39, 0.29) is 29.9 Å². The lowest BCUT2D eigenvalue weighted by Gasteiger charge is -2.32. The van der Waals surface area contributed by atoms with Crippen molar-refractivity contribution in [2.45, 2.75) is 23.9 Å². The van der Waals surface area contributed by atoms with Gasteiger partial charge in [0.1, 0.15) is 29.8 Å². The number of anilines is 1. The smallest absolute Gasteiger partial charge is 0.343 e. The number of nitrogens with zero attached hydrogens (tertiary/aromatic N) is 1. The van der Waals surface area contributed by atoms with Crippen molar-refractivity contribution >= 4 is 33.1 Å². The molecule has 5 aromatic rings. The molecule has 0 bridgehead atoms. The van der Waals surface area contributed by atoms with Gasteiger partial charge in [0.15, 0.2) is 0 Å². The number of ether oxygens (including phenoxy) is 2. The quantitative estimate of drug-likeness (QED) is 0.130. The van der Waals surface area contributed by atoms with E-state index in [2.05, 4.69) is 0 Å². The largest absolute Gasteiger partial charge is 0.491 e. The van der Waals surface area contributed by atoms with E-state index in [0.29, 0.717) is 40.1 Å². The molecule has 3 N–H and O–H groups in total. The van der Waals surface area contributed by atoms with Crippen LogP contribution in [-0.4, -0.2) is 29.3 Å². The van der Waals surface area contributed by atoms with Gasteiger partial charge in [0.05, 0.1) is 22.5 Å². The zero-order chi connectivity index (χ0) is 28.1. The molecule has 1 aromatic heterocycles. The molecule has 4 aromatic carbocycles. The SMILES string of the molecule is Nc1ccc(OCCO)cc1[C@@H]1c2c(c3ccccc3oc2=O)OC2C3(c4cccc5ccc([N+](=O)[O-])cc45)C[C@]213. The second-order valence-electron chi connectivity index (χ2n) is 11.1. The Morgan fingerprint density at radius 2 is 1.90 bits per heavy atom. The lowest BCUT2D eigenvalue weighted by Crippen LogP contribution is -2.31. The number of hydrogen-bond acceptors (Lipinski definition) is 8. The number of aliphatic hydroxyl groups is 1. The molecule has 204 valence electrons. The molecule has 9 heteroatoms. The van der Waals surface area contributed by atoms with E-state index in [0.717, 1.165) is 21.9 Å². The Labute approximate surface area is 232 Å². The monoisotopic (exact) mass is 548 g/mol. The van der Waals surface area contributed by atoms with Gasteiger partial charge in [0.2, 0.25) is 0 Å². The number of rotatable bonds is 6. The molecule has 0 saturated heterocycles. The number of hydrogen-bond donors (Lipinski definition) is 2. The summed E-state index contributed by atoms with van der Waals surface area (Å²) in [6.07, 6.45) is 0.438. The molecule has 2 fully saturated rings. The Kier molecular flexibility index (Phi) is 4.72. The van der Waals surface area contributed by atoms with Crippen LogP contribution >= 0.6 is 0 Å². The predicted octanol–water partition coefficient (Wildman–Crippen LogP) is 5.04. The van der Waals surface area contributed by atoms with Crippen LogP contribution in [0.5, 0.6) is 11.5 Å². The van der Waals surface area contributed by atoms with Gasteiger partial charge in [-0.3, -0.25) is 10.1 Å². The summed E-state index contributed by atoms with van der Waals surface area (Å²) in [4.78, 5) is 25.0. The van der Waals surface area contributed by atoms with Gasteiger partial charge in [-0.05, 0) is 64.7 Å². The summed E-state index contributed by atoms with van der Waals surface area (Å²) in [6.45, 7) is -0.0231.